The van der Waals surface area contributed by atoms with Crippen LogP contribution >= 0.6 is 23.2 Å². The molecule has 1 unspecified atom stereocenters. The molecule has 9 nitrogen and oxygen atoms in total. The molecular weight excluding hydrogens is 487 g/mol. The monoisotopic (exact) mass is 510 g/mol. The first-order valence-corrected chi connectivity index (χ1v) is 11.2. The van der Waals surface area contributed by atoms with Crippen molar-refractivity contribution in [3.63, 3.8) is 0 Å². The number of hydrogen-bond acceptors (Lipinski definition) is 7. The molecule has 0 bridgehead atoms. The van der Waals surface area contributed by atoms with Gasteiger partial charge in [-0.3, -0.25) is 4.79 Å². The van der Waals surface area contributed by atoms with E-state index in [4.69, 9.17) is 32.7 Å². The zero-order valence-corrected chi connectivity index (χ0v) is 19.6. The lowest BCUT2D eigenvalue weighted by Gasteiger charge is -2.40. The summed E-state index contributed by atoms with van der Waals surface area (Å²) in [6.07, 6.45) is -4.19. The Balaban J connectivity index is 1.67. The largest absolute Gasteiger partial charge is 0.497 e. The van der Waals surface area contributed by atoms with E-state index in [2.05, 4.69) is 5.32 Å². The van der Waals surface area contributed by atoms with Crippen LogP contribution in [0.25, 0.3) is 10.9 Å². The highest BCUT2D eigenvalue weighted by atomic mass is 35.5. The Morgan fingerprint density at radius 3 is 2.56 bits per heavy atom. The number of halogens is 2. The van der Waals surface area contributed by atoms with Crippen molar-refractivity contribution in [2.45, 2.75) is 37.2 Å². The highest BCUT2D eigenvalue weighted by molar-refractivity contribution is 6.42. The predicted molar refractivity (Wildman–Crippen MR) is 125 cm³/mol. The van der Waals surface area contributed by atoms with Crippen molar-refractivity contribution in [1.29, 1.82) is 0 Å². The molecular formula is C23H24Cl2N2O7. The third kappa shape index (κ3) is 4.73. The summed E-state index contributed by atoms with van der Waals surface area (Å²) in [7, 11) is 1.54. The second-order valence-electron chi connectivity index (χ2n) is 8.03. The van der Waals surface area contributed by atoms with Crippen LogP contribution in [0.2, 0.25) is 10.0 Å². The van der Waals surface area contributed by atoms with E-state index >= 15 is 0 Å². The Morgan fingerprint density at radius 2 is 1.88 bits per heavy atom. The Hall–Kier alpha value is -2.37. The molecule has 0 spiro atoms. The lowest BCUT2D eigenvalue weighted by Crippen LogP contribution is -2.64. The van der Waals surface area contributed by atoms with Crippen molar-refractivity contribution >= 4 is 40.0 Å². The van der Waals surface area contributed by atoms with E-state index in [1.807, 2.05) is 10.6 Å². The Kier molecular flexibility index (Phi) is 7.34. The maximum absolute atomic E-state index is 13.2. The van der Waals surface area contributed by atoms with Crippen LogP contribution < -0.4 is 10.1 Å². The minimum atomic E-state index is -1.62. The average molecular weight is 511 g/mol. The third-order valence-corrected chi connectivity index (χ3v) is 6.61. The number of carbonyl (C=O) groups excluding carboxylic acids is 1. The molecule has 11 heteroatoms. The van der Waals surface area contributed by atoms with Crippen molar-refractivity contribution in [2.24, 2.45) is 0 Å². The van der Waals surface area contributed by atoms with Gasteiger partial charge in [-0.05, 0) is 29.8 Å². The summed E-state index contributed by atoms with van der Waals surface area (Å²) in [5, 5.41) is 43.9. The van der Waals surface area contributed by atoms with E-state index in [1.165, 1.54) is 7.11 Å². The number of ether oxygens (including phenoxy) is 2. The van der Waals surface area contributed by atoms with Crippen molar-refractivity contribution < 1.29 is 34.7 Å². The van der Waals surface area contributed by atoms with Crippen molar-refractivity contribution in [1.82, 2.24) is 9.88 Å². The lowest BCUT2D eigenvalue weighted by molar-refractivity contribution is -0.252. The number of amides is 1. The summed E-state index contributed by atoms with van der Waals surface area (Å²) in [5.74, 6) is 0.00189. The maximum Gasteiger partial charge on any atom is 0.253 e. The minimum absolute atomic E-state index is 0.274. The molecule has 1 aliphatic heterocycles. The molecule has 0 aliphatic carbocycles. The highest BCUT2D eigenvalue weighted by Gasteiger charge is 2.44. The summed E-state index contributed by atoms with van der Waals surface area (Å²) in [4.78, 5) is 13.2. The summed E-state index contributed by atoms with van der Waals surface area (Å²) in [5.41, 5.74) is 1.83. The molecule has 34 heavy (non-hydrogen) atoms. The number of methoxy groups -OCH3 is 1. The van der Waals surface area contributed by atoms with Crippen molar-refractivity contribution in [3.8, 4) is 5.75 Å². The van der Waals surface area contributed by atoms with Gasteiger partial charge < -0.3 is 39.8 Å². The van der Waals surface area contributed by atoms with Crippen molar-refractivity contribution in [2.75, 3.05) is 13.7 Å². The van der Waals surface area contributed by atoms with Gasteiger partial charge >= 0.3 is 0 Å². The molecule has 1 amide bonds. The fourth-order valence-corrected chi connectivity index (χ4v) is 4.35. The molecule has 1 saturated heterocycles. The Labute approximate surface area is 205 Å². The topological polar surface area (TPSA) is 133 Å². The summed E-state index contributed by atoms with van der Waals surface area (Å²) in [6.45, 7) is -0.220. The average Bonchev–Trinajstić information content (AvgIpc) is 3.18. The van der Waals surface area contributed by atoms with Crippen LogP contribution in [0.15, 0.2) is 42.6 Å². The number of hydrogen-bond donors (Lipinski definition) is 5. The molecule has 1 fully saturated rings. The normalized spacial score (nSPS) is 24.9. The fourth-order valence-electron chi connectivity index (χ4n) is 4.03. The van der Waals surface area contributed by atoms with Gasteiger partial charge in [0.15, 0.2) is 6.29 Å². The third-order valence-electron chi connectivity index (χ3n) is 5.87. The van der Waals surface area contributed by atoms with Crippen LogP contribution in [-0.2, 0) is 11.3 Å². The van der Waals surface area contributed by atoms with Crippen LogP contribution in [0.1, 0.15) is 15.9 Å². The summed E-state index contributed by atoms with van der Waals surface area (Å²) in [6, 6.07) is 9.17. The van der Waals surface area contributed by atoms with Crippen LogP contribution in [0.4, 0.5) is 0 Å². The predicted octanol–water partition coefficient (Wildman–Crippen LogP) is 1.53. The Bertz CT molecular complexity index is 1200. The molecule has 4 rings (SSSR count). The van der Waals surface area contributed by atoms with E-state index in [0.717, 1.165) is 5.56 Å². The van der Waals surface area contributed by atoms with Crippen molar-refractivity contribution in [3.05, 3.63) is 63.8 Å². The van der Waals surface area contributed by atoms with Crippen LogP contribution in [0.3, 0.4) is 0 Å². The second-order valence-corrected chi connectivity index (χ2v) is 8.84. The number of aromatic nitrogens is 1. The van der Waals surface area contributed by atoms with E-state index < -0.39 is 43.2 Å². The quantitative estimate of drug-likeness (QED) is 0.339. The van der Waals surface area contributed by atoms with Crippen LogP contribution in [0.5, 0.6) is 5.75 Å². The first-order valence-electron chi connectivity index (χ1n) is 10.5. The first-order chi connectivity index (χ1) is 16.2. The van der Waals surface area contributed by atoms with Gasteiger partial charge in [-0.25, -0.2) is 0 Å². The summed E-state index contributed by atoms with van der Waals surface area (Å²) < 4.78 is 12.3. The van der Waals surface area contributed by atoms with E-state index in [-0.39, 0.29) is 5.56 Å². The molecule has 5 N–H and O–H groups in total. The number of rotatable bonds is 6. The van der Waals surface area contributed by atoms with E-state index in [1.54, 1.807) is 36.5 Å². The lowest BCUT2D eigenvalue weighted by atomic mass is 9.96. The Morgan fingerprint density at radius 1 is 1.12 bits per heavy atom. The van der Waals surface area contributed by atoms with Gasteiger partial charge in [0.1, 0.15) is 30.1 Å². The molecule has 182 valence electrons. The molecule has 0 radical (unpaired) electrons. The van der Waals surface area contributed by atoms with Gasteiger partial charge in [-0.15, -0.1) is 0 Å². The van der Waals surface area contributed by atoms with Gasteiger partial charge in [0.25, 0.3) is 5.91 Å². The van der Waals surface area contributed by atoms with Crippen LogP contribution in [-0.4, -0.2) is 75.3 Å². The van der Waals surface area contributed by atoms with Gasteiger partial charge in [0, 0.05) is 24.2 Å². The molecule has 3 aromatic rings. The number of nitrogens with one attached hydrogen (secondary N) is 1. The van der Waals surface area contributed by atoms with E-state index in [9.17, 15) is 25.2 Å². The zero-order valence-electron chi connectivity index (χ0n) is 18.1. The maximum atomic E-state index is 13.2. The number of fused-ring (bicyclic) bond motifs is 1. The molecule has 0 saturated carbocycles. The molecule has 2 aromatic carbocycles. The highest BCUT2D eigenvalue weighted by Crippen LogP contribution is 2.29. The van der Waals surface area contributed by atoms with Gasteiger partial charge in [0.05, 0.1) is 34.8 Å². The number of aliphatic hydroxyl groups is 4. The van der Waals surface area contributed by atoms with Gasteiger partial charge in [-0.1, -0.05) is 29.3 Å². The zero-order chi connectivity index (χ0) is 24.6. The molecule has 5 atom stereocenters. The summed E-state index contributed by atoms with van der Waals surface area (Å²) >= 11 is 12.2. The number of benzene rings is 2. The SMILES string of the molecule is COc1ccc2c(C(=O)N[C@H]3C(O)O[C@H](CO)[C@@H](O)[C@@H]3O)cn(Cc3ccc(Cl)c(Cl)c3)c2c1. The minimum Gasteiger partial charge on any atom is -0.497 e. The van der Waals surface area contributed by atoms with Crippen LogP contribution in [0, 0.1) is 0 Å². The second kappa shape index (κ2) is 10.1. The van der Waals surface area contributed by atoms with E-state index in [0.29, 0.717) is 33.2 Å². The number of aliphatic hydroxyl groups excluding tert-OH is 4. The van der Waals surface area contributed by atoms with Gasteiger partial charge in [-0.2, -0.15) is 0 Å². The standard InChI is InChI=1S/C23H24Cl2N2O7/c1-33-12-3-4-13-14(22(31)26-19-21(30)20(29)18(10-28)34-23(19)32)9-27(17(13)7-12)8-11-2-5-15(24)16(25)6-11/h2-7,9,18-21,23,28-30,32H,8,10H2,1H3,(H,26,31)/t18-,19-,20-,21-,23?/m1/s1. The smallest absolute Gasteiger partial charge is 0.253 e. The van der Waals surface area contributed by atoms with Gasteiger partial charge in [0.2, 0.25) is 0 Å². The first kappa shape index (κ1) is 24.7. The molecule has 1 aliphatic rings. The number of carbonyl (C=O) groups is 1. The molecule has 1 aromatic heterocycles. The fraction of sp³-hybridized carbons (Fsp3) is 0.348. The number of nitrogens with zero attached hydrogens (tertiary/aromatic N) is 1. The molecule has 2 heterocycles.